The van der Waals surface area contributed by atoms with Crippen molar-refractivity contribution in [2.75, 3.05) is 14.2 Å². The van der Waals surface area contributed by atoms with Gasteiger partial charge in [-0.15, -0.1) is 0 Å². The monoisotopic (exact) mass is 841 g/mol. The Hall–Kier alpha value is -1.46. The summed E-state index contributed by atoms with van der Waals surface area (Å²) in [4.78, 5) is 26.4. The average Bonchev–Trinajstić information content (AvgIpc) is 3.38. The molecule has 6 aliphatic rings. The molecule has 6 rings (SSSR count). The number of ether oxygens (including phenoxy) is 8. The zero-order valence-electron chi connectivity index (χ0n) is 37.5. The van der Waals surface area contributed by atoms with Crippen LogP contribution in [0.15, 0.2) is 0 Å². The summed E-state index contributed by atoms with van der Waals surface area (Å²) < 4.78 is 49.2. The van der Waals surface area contributed by atoms with Crippen LogP contribution in [0, 0.1) is 34.5 Å². The van der Waals surface area contributed by atoms with Gasteiger partial charge < -0.3 is 58.3 Å². The molecule has 14 nitrogen and oxygen atoms in total. The van der Waals surface area contributed by atoms with Gasteiger partial charge in [0.15, 0.2) is 12.6 Å². The lowest BCUT2D eigenvalue weighted by Gasteiger charge is -2.69. The molecular formula is C45H76O14. The minimum Gasteiger partial charge on any atom is -0.462 e. The summed E-state index contributed by atoms with van der Waals surface area (Å²) >= 11 is 0. The second kappa shape index (κ2) is 17.6. The van der Waals surface area contributed by atoms with E-state index in [4.69, 9.17) is 37.9 Å². The van der Waals surface area contributed by atoms with E-state index in [9.17, 15) is 30.0 Å². The molecule has 0 aromatic heterocycles. The second-order valence-electron chi connectivity index (χ2n) is 20.4. The lowest BCUT2D eigenvalue weighted by atomic mass is 9.40. The first kappa shape index (κ1) is 47.0. The maximum atomic E-state index is 13.5. The first-order chi connectivity index (χ1) is 27.6. The number of carbonyl (C=O) groups excluding carboxylic acids is 2. The number of rotatable bonds is 13. The molecule has 4 saturated carbocycles. The third kappa shape index (κ3) is 8.28. The quantitative estimate of drug-likeness (QED) is 0.144. The third-order valence-corrected chi connectivity index (χ3v) is 16.1. The Morgan fingerprint density at radius 1 is 0.746 bits per heavy atom. The molecule has 2 aliphatic heterocycles. The van der Waals surface area contributed by atoms with E-state index < -0.39 is 94.7 Å². The van der Waals surface area contributed by atoms with Crippen molar-refractivity contribution in [3.05, 3.63) is 0 Å². The Labute approximate surface area is 351 Å². The highest BCUT2D eigenvalue weighted by atomic mass is 16.7. The van der Waals surface area contributed by atoms with E-state index in [0.29, 0.717) is 38.5 Å². The number of hydrogen-bond donors (Lipinski definition) is 4. The Morgan fingerprint density at radius 3 is 2.00 bits per heavy atom. The second-order valence-corrected chi connectivity index (χ2v) is 20.4. The standard InChI is InChI=1S/C45H76O14/c1-24(2)18-35(46)56-28(7)43(49)16-17-45(51)42(43,9)34(58-36(47)19-25(3)4)23-33-41(8)14-13-30(20-29(41)12-15-44(33,45)50)57-37-22-32(53-11)40(27(6)55-37)59-38-21-31(52-10)39(48)26(5)54-38/h24-34,37-40,48-51H,12-23H2,1-11H3/t26-,27-,28+,29+,30-,31-,32-,33-,34-,37+,38+,39-,40-,41-,42-,43+,44+,45+/m1/s1. The van der Waals surface area contributed by atoms with Crippen LogP contribution in [0.3, 0.4) is 0 Å². The van der Waals surface area contributed by atoms with Crippen molar-refractivity contribution >= 4 is 11.9 Å². The lowest BCUT2D eigenvalue weighted by Crippen LogP contribution is -2.79. The van der Waals surface area contributed by atoms with Crippen molar-refractivity contribution < 1.29 is 67.9 Å². The minimum atomic E-state index is -1.84. The van der Waals surface area contributed by atoms with Crippen LogP contribution in [0.25, 0.3) is 0 Å². The molecule has 18 atom stereocenters. The van der Waals surface area contributed by atoms with Gasteiger partial charge in [-0.2, -0.15) is 0 Å². The van der Waals surface area contributed by atoms with E-state index in [2.05, 4.69) is 6.92 Å². The van der Waals surface area contributed by atoms with Crippen molar-refractivity contribution in [2.24, 2.45) is 34.5 Å². The number of fused-ring (bicyclic) bond motifs is 5. The topological polar surface area (TPSA) is 189 Å². The molecule has 14 heteroatoms. The Balaban J connectivity index is 1.18. The number of hydrogen-bond acceptors (Lipinski definition) is 14. The fourth-order valence-electron chi connectivity index (χ4n) is 12.6. The zero-order valence-corrected chi connectivity index (χ0v) is 37.5. The molecule has 0 aromatic rings. The summed E-state index contributed by atoms with van der Waals surface area (Å²) in [7, 11) is 3.22. The molecule has 340 valence electrons. The summed E-state index contributed by atoms with van der Waals surface area (Å²) in [5.74, 6) is -1.10. The van der Waals surface area contributed by atoms with E-state index in [1.165, 1.54) is 0 Å². The van der Waals surface area contributed by atoms with Gasteiger partial charge in [-0.25, -0.2) is 0 Å². The molecule has 0 radical (unpaired) electrons. The molecule has 0 spiro atoms. The van der Waals surface area contributed by atoms with Crippen molar-refractivity contribution in [1.29, 1.82) is 0 Å². The van der Waals surface area contributed by atoms with Gasteiger partial charge in [0.05, 0.1) is 41.5 Å². The first-order valence-corrected chi connectivity index (χ1v) is 22.5. The van der Waals surface area contributed by atoms with Crippen molar-refractivity contribution in [3.8, 4) is 0 Å². The van der Waals surface area contributed by atoms with Crippen LogP contribution in [0.5, 0.6) is 0 Å². The van der Waals surface area contributed by atoms with E-state index in [-0.39, 0.29) is 68.2 Å². The number of esters is 2. The van der Waals surface area contributed by atoms with Gasteiger partial charge >= 0.3 is 11.9 Å². The van der Waals surface area contributed by atoms with Crippen LogP contribution in [-0.4, -0.2) is 131 Å². The maximum absolute atomic E-state index is 13.5. The van der Waals surface area contributed by atoms with Gasteiger partial charge in [0.1, 0.15) is 35.6 Å². The van der Waals surface area contributed by atoms with Crippen LogP contribution in [-0.2, 0) is 47.5 Å². The zero-order chi connectivity index (χ0) is 43.5. The molecule has 4 aliphatic carbocycles. The molecule has 6 fully saturated rings. The molecule has 4 N–H and O–H groups in total. The molecular weight excluding hydrogens is 764 g/mol. The predicted octanol–water partition coefficient (Wildman–Crippen LogP) is 4.97. The van der Waals surface area contributed by atoms with Gasteiger partial charge in [-0.3, -0.25) is 9.59 Å². The van der Waals surface area contributed by atoms with Gasteiger partial charge in [0.2, 0.25) is 0 Å². The summed E-state index contributed by atoms with van der Waals surface area (Å²) in [5.41, 5.74) is -7.20. The van der Waals surface area contributed by atoms with Crippen LogP contribution < -0.4 is 0 Å². The Kier molecular flexibility index (Phi) is 14.0. The Morgan fingerprint density at radius 2 is 1.36 bits per heavy atom. The summed E-state index contributed by atoms with van der Waals surface area (Å²) in [6, 6.07) is 0. The fraction of sp³-hybridized carbons (Fsp3) is 0.956. The predicted molar refractivity (Wildman–Crippen MR) is 215 cm³/mol. The SMILES string of the molecule is CO[C@@H]1C[C@H](O[C@@H]2[C@@H](C)O[C@@H](O[C@@H]3CC[C@]4(C)[C@@H](CC[C@]5(O)[C@@H]4C[C@@H](OC(=O)CC(C)C)[C@@]4(C)[C@@]5(O)CC[C@]4(O)[C@H](C)OC(=O)CC(C)C)C3)C[C@H]2OC)O[C@H](C)[C@H]1O. The molecule has 0 aromatic carbocycles. The first-order valence-electron chi connectivity index (χ1n) is 22.5. The summed E-state index contributed by atoms with van der Waals surface area (Å²) in [6.07, 6.45) is -1.33. The average molecular weight is 841 g/mol. The summed E-state index contributed by atoms with van der Waals surface area (Å²) in [5, 5.41) is 49.4. The fourth-order valence-corrected chi connectivity index (χ4v) is 12.6. The molecule has 0 unspecified atom stereocenters. The van der Waals surface area contributed by atoms with Gasteiger partial charge in [0.25, 0.3) is 0 Å². The van der Waals surface area contributed by atoms with Crippen molar-refractivity contribution in [1.82, 2.24) is 0 Å². The molecule has 59 heavy (non-hydrogen) atoms. The molecule has 0 bridgehead atoms. The van der Waals surface area contributed by atoms with Gasteiger partial charge in [-0.1, -0.05) is 41.5 Å². The maximum Gasteiger partial charge on any atom is 0.306 e. The van der Waals surface area contributed by atoms with Crippen molar-refractivity contribution in [3.63, 3.8) is 0 Å². The third-order valence-electron chi connectivity index (χ3n) is 16.1. The smallest absolute Gasteiger partial charge is 0.306 e. The van der Waals surface area contributed by atoms with Crippen LogP contribution >= 0.6 is 0 Å². The van der Waals surface area contributed by atoms with Crippen LogP contribution in [0.1, 0.15) is 139 Å². The highest BCUT2D eigenvalue weighted by molar-refractivity contribution is 5.70. The Bertz CT molecular complexity index is 1480. The normalized spacial score (nSPS) is 47.9. The largest absolute Gasteiger partial charge is 0.462 e. The molecule has 2 saturated heterocycles. The number of methoxy groups -OCH3 is 2. The number of aliphatic hydroxyl groups is 4. The summed E-state index contributed by atoms with van der Waals surface area (Å²) in [6.45, 7) is 17.0. The molecule has 0 amide bonds. The van der Waals surface area contributed by atoms with Crippen molar-refractivity contribution in [2.45, 2.75) is 224 Å². The van der Waals surface area contributed by atoms with Gasteiger partial charge in [0, 0.05) is 39.9 Å². The number of aliphatic hydroxyl groups excluding tert-OH is 1. The van der Waals surface area contributed by atoms with E-state index >= 15 is 0 Å². The highest BCUT2D eigenvalue weighted by Crippen LogP contribution is 2.72. The lowest BCUT2D eigenvalue weighted by molar-refractivity contribution is -0.345. The van der Waals surface area contributed by atoms with E-state index in [0.717, 1.165) is 6.42 Å². The van der Waals surface area contributed by atoms with Gasteiger partial charge in [-0.05, 0) is 101 Å². The minimum absolute atomic E-state index is 0.0297. The highest BCUT2D eigenvalue weighted by Gasteiger charge is 2.82. The van der Waals surface area contributed by atoms with Crippen LogP contribution in [0.4, 0.5) is 0 Å². The van der Waals surface area contributed by atoms with E-state index in [1.807, 2.05) is 34.6 Å². The number of carbonyl (C=O) groups is 2. The van der Waals surface area contributed by atoms with Crippen LogP contribution in [0.2, 0.25) is 0 Å². The van der Waals surface area contributed by atoms with E-state index in [1.54, 1.807) is 35.0 Å². The molecule has 2 heterocycles.